The van der Waals surface area contributed by atoms with Crippen LogP contribution < -0.4 is 4.74 Å². The molecule has 0 unspecified atom stereocenters. The van der Waals surface area contributed by atoms with Crippen LogP contribution in [0.4, 0.5) is 0 Å². The largest absolute Gasteiger partial charge is 0.457 e. The van der Waals surface area contributed by atoms with Crippen LogP contribution in [0.25, 0.3) is 45.3 Å². The van der Waals surface area contributed by atoms with Gasteiger partial charge in [-0.2, -0.15) is 0 Å². The molecule has 1 aromatic heterocycles. The van der Waals surface area contributed by atoms with Gasteiger partial charge in [0.1, 0.15) is 11.5 Å². The van der Waals surface area contributed by atoms with Crippen molar-refractivity contribution in [2.45, 2.75) is 11.8 Å². The fourth-order valence-corrected chi connectivity index (χ4v) is 7.56. The molecule has 1 heterocycles. The zero-order valence-electron chi connectivity index (χ0n) is 31.3. The Hall–Kier alpha value is -7.43. The van der Waals surface area contributed by atoms with Crippen molar-refractivity contribution >= 4 is 0 Å². The van der Waals surface area contributed by atoms with Crippen molar-refractivity contribution in [3.8, 4) is 56.8 Å². The van der Waals surface area contributed by atoms with Gasteiger partial charge in [-0.1, -0.05) is 188 Å². The standard InChI is InChI=1S/C53H39N3O/c1-6-16-39(17-7-1)38-53(45-22-12-4-13-23-45,46-24-14-5-15-25-46)47-32-26-40(27-33-47)41-28-34-48(35-29-41)57-49-36-30-44(31-37-49)52-55-50(42-18-8-2-9-19-42)54-51(56-52)43-20-10-3-11-21-43/h1-37H,38H2. The highest BCUT2D eigenvalue weighted by Gasteiger charge is 2.36. The lowest BCUT2D eigenvalue weighted by Crippen LogP contribution is -2.32. The maximum absolute atomic E-state index is 6.31. The summed E-state index contributed by atoms with van der Waals surface area (Å²) in [5, 5.41) is 0. The minimum absolute atomic E-state index is 0.368. The summed E-state index contributed by atoms with van der Waals surface area (Å²) in [5.41, 5.74) is 9.73. The number of ether oxygens (including phenoxy) is 1. The number of rotatable bonds is 11. The van der Waals surface area contributed by atoms with Crippen molar-refractivity contribution in [3.05, 3.63) is 247 Å². The van der Waals surface area contributed by atoms with Crippen molar-refractivity contribution in [2.75, 3.05) is 0 Å². The van der Waals surface area contributed by atoms with Crippen LogP contribution in [0.2, 0.25) is 0 Å². The molecule has 0 amide bonds. The van der Waals surface area contributed by atoms with E-state index in [0.29, 0.717) is 17.5 Å². The summed E-state index contributed by atoms with van der Waals surface area (Å²) in [4.78, 5) is 14.5. The molecule has 0 atom stereocenters. The first-order chi connectivity index (χ1) is 28.2. The highest BCUT2D eigenvalue weighted by Crippen LogP contribution is 2.43. The maximum Gasteiger partial charge on any atom is 0.164 e. The predicted octanol–water partition coefficient (Wildman–Crippen LogP) is 12.9. The van der Waals surface area contributed by atoms with Gasteiger partial charge in [0.25, 0.3) is 0 Å². The van der Waals surface area contributed by atoms with Gasteiger partial charge in [0.15, 0.2) is 17.5 Å². The van der Waals surface area contributed by atoms with Crippen molar-refractivity contribution in [3.63, 3.8) is 0 Å². The Balaban J connectivity index is 0.963. The second kappa shape index (κ2) is 16.1. The van der Waals surface area contributed by atoms with Crippen LogP contribution in [-0.2, 0) is 11.8 Å². The summed E-state index contributed by atoms with van der Waals surface area (Å²) in [6.07, 6.45) is 0.841. The second-order valence-corrected chi connectivity index (χ2v) is 14.1. The molecule has 8 aromatic carbocycles. The van der Waals surface area contributed by atoms with E-state index in [9.17, 15) is 0 Å². The van der Waals surface area contributed by atoms with E-state index in [2.05, 4.69) is 127 Å². The molecule has 4 heteroatoms. The molecule has 9 aromatic rings. The smallest absolute Gasteiger partial charge is 0.164 e. The quantitative estimate of drug-likeness (QED) is 0.124. The van der Waals surface area contributed by atoms with E-state index in [1.54, 1.807) is 0 Å². The van der Waals surface area contributed by atoms with E-state index in [4.69, 9.17) is 19.7 Å². The third-order valence-corrected chi connectivity index (χ3v) is 10.5. The molecule has 0 saturated carbocycles. The summed E-state index contributed by atoms with van der Waals surface area (Å²) in [5.74, 6) is 3.36. The van der Waals surface area contributed by atoms with Crippen LogP contribution in [0.15, 0.2) is 224 Å². The lowest BCUT2D eigenvalue weighted by Gasteiger charge is -2.36. The second-order valence-electron chi connectivity index (χ2n) is 14.1. The van der Waals surface area contributed by atoms with Crippen LogP contribution in [0.1, 0.15) is 22.3 Å². The highest BCUT2D eigenvalue weighted by molar-refractivity contribution is 5.68. The SMILES string of the molecule is c1ccc(CC(c2ccccc2)(c2ccccc2)c2ccc(-c3ccc(Oc4ccc(-c5nc(-c6ccccc6)nc(-c6ccccc6)n5)cc4)cc3)cc2)cc1. The van der Waals surface area contributed by atoms with E-state index in [-0.39, 0.29) is 5.41 Å². The first kappa shape index (κ1) is 35.3. The Kier molecular flexibility index (Phi) is 9.98. The van der Waals surface area contributed by atoms with Crippen molar-refractivity contribution < 1.29 is 4.74 Å². The molecule has 9 rings (SSSR count). The first-order valence-electron chi connectivity index (χ1n) is 19.2. The maximum atomic E-state index is 6.31. The molecular weight excluding hydrogens is 695 g/mol. The molecule has 0 spiro atoms. The van der Waals surface area contributed by atoms with E-state index >= 15 is 0 Å². The number of hydrogen-bond donors (Lipinski definition) is 0. The molecule has 272 valence electrons. The van der Waals surface area contributed by atoms with Crippen molar-refractivity contribution in [1.29, 1.82) is 0 Å². The Labute approximate surface area is 333 Å². The molecule has 0 aliphatic carbocycles. The third kappa shape index (κ3) is 7.62. The minimum atomic E-state index is -0.368. The molecule has 0 N–H and O–H groups in total. The molecule has 0 aliphatic heterocycles. The Bertz CT molecular complexity index is 2570. The summed E-state index contributed by atoms with van der Waals surface area (Å²) in [6, 6.07) is 77.8. The lowest BCUT2D eigenvalue weighted by molar-refractivity contribution is 0.483. The number of nitrogens with zero attached hydrogens (tertiary/aromatic N) is 3. The summed E-state index contributed by atoms with van der Waals surface area (Å²) in [6.45, 7) is 0. The number of aromatic nitrogens is 3. The van der Waals surface area contributed by atoms with E-state index < -0.39 is 0 Å². The molecule has 0 saturated heterocycles. The van der Waals surface area contributed by atoms with Crippen molar-refractivity contribution in [2.24, 2.45) is 0 Å². The molecule has 0 bridgehead atoms. The number of hydrogen-bond acceptors (Lipinski definition) is 4. The van der Waals surface area contributed by atoms with Gasteiger partial charge in [0.2, 0.25) is 0 Å². The van der Waals surface area contributed by atoms with Gasteiger partial charge in [-0.25, -0.2) is 15.0 Å². The minimum Gasteiger partial charge on any atom is -0.457 e. The Morgan fingerprint density at radius 1 is 0.298 bits per heavy atom. The van der Waals surface area contributed by atoms with Crippen molar-refractivity contribution in [1.82, 2.24) is 15.0 Å². The fraction of sp³-hybridized carbons (Fsp3) is 0.0377. The Morgan fingerprint density at radius 3 is 1.04 bits per heavy atom. The topological polar surface area (TPSA) is 47.9 Å². The van der Waals surface area contributed by atoms with Crippen LogP contribution in [0.3, 0.4) is 0 Å². The molecule has 4 nitrogen and oxygen atoms in total. The van der Waals surface area contributed by atoms with E-state index in [0.717, 1.165) is 45.7 Å². The molecule has 57 heavy (non-hydrogen) atoms. The summed E-state index contributed by atoms with van der Waals surface area (Å²) < 4.78 is 6.31. The molecule has 0 aliphatic rings. The predicted molar refractivity (Wildman–Crippen MR) is 231 cm³/mol. The average Bonchev–Trinajstić information content (AvgIpc) is 3.30. The normalized spacial score (nSPS) is 11.2. The highest BCUT2D eigenvalue weighted by atomic mass is 16.5. The summed E-state index contributed by atoms with van der Waals surface area (Å²) >= 11 is 0. The van der Waals surface area contributed by atoms with Crippen LogP contribution in [-0.4, -0.2) is 15.0 Å². The first-order valence-corrected chi connectivity index (χ1v) is 19.2. The van der Waals surface area contributed by atoms with E-state index in [1.807, 2.05) is 97.1 Å². The van der Waals surface area contributed by atoms with Gasteiger partial charge >= 0.3 is 0 Å². The zero-order chi connectivity index (χ0) is 38.3. The molecule has 0 radical (unpaired) electrons. The van der Waals surface area contributed by atoms with Gasteiger partial charge in [0, 0.05) is 22.1 Å². The van der Waals surface area contributed by atoms with Crippen LogP contribution in [0.5, 0.6) is 11.5 Å². The Morgan fingerprint density at radius 2 is 0.614 bits per heavy atom. The fourth-order valence-electron chi connectivity index (χ4n) is 7.56. The summed E-state index contributed by atoms with van der Waals surface area (Å²) in [7, 11) is 0. The monoisotopic (exact) mass is 733 g/mol. The lowest BCUT2D eigenvalue weighted by atomic mass is 9.66. The van der Waals surface area contributed by atoms with Gasteiger partial charge in [-0.05, 0) is 76.2 Å². The van der Waals surface area contributed by atoms with Gasteiger partial charge in [0.05, 0.1) is 0 Å². The van der Waals surface area contributed by atoms with Gasteiger partial charge in [-0.3, -0.25) is 0 Å². The average molecular weight is 734 g/mol. The van der Waals surface area contributed by atoms with Crippen LogP contribution >= 0.6 is 0 Å². The third-order valence-electron chi connectivity index (χ3n) is 10.5. The van der Waals surface area contributed by atoms with Gasteiger partial charge in [-0.15, -0.1) is 0 Å². The van der Waals surface area contributed by atoms with E-state index in [1.165, 1.54) is 22.3 Å². The van der Waals surface area contributed by atoms with Crippen LogP contribution in [0, 0.1) is 0 Å². The molecular formula is C53H39N3O. The zero-order valence-corrected chi connectivity index (χ0v) is 31.3. The molecule has 0 fully saturated rings. The number of benzene rings is 8. The van der Waals surface area contributed by atoms with Gasteiger partial charge < -0.3 is 4.74 Å².